The molecule has 6 nitrogen and oxygen atoms in total. The highest BCUT2D eigenvalue weighted by Gasteiger charge is 2.07. The van der Waals surface area contributed by atoms with Crippen molar-refractivity contribution < 1.29 is 21.7 Å². The fraction of sp³-hybridized carbons (Fsp3) is 0.604. The maximum Gasteiger partial charge on any atom is 0.217 e. The molecule has 0 unspecified atom stereocenters. The molecule has 0 N–H and O–H groups in total. The Hall–Kier alpha value is -3.26. The van der Waals surface area contributed by atoms with Crippen LogP contribution in [0.1, 0.15) is 204 Å². The second-order valence-electron chi connectivity index (χ2n) is 16.5. The van der Waals surface area contributed by atoms with Crippen LogP contribution in [0.15, 0.2) is 73.1 Å². The summed E-state index contributed by atoms with van der Waals surface area (Å²) in [6, 6.07) is 22.5. The van der Waals surface area contributed by atoms with Gasteiger partial charge >= 0.3 is 0 Å². The fourth-order valence-corrected chi connectivity index (χ4v) is 7.78. The van der Waals surface area contributed by atoms with E-state index in [-0.39, 0.29) is 6.61 Å². The van der Waals surface area contributed by atoms with Gasteiger partial charge in [0.25, 0.3) is 0 Å². The van der Waals surface area contributed by atoms with E-state index in [0.717, 1.165) is 6.54 Å². The van der Waals surface area contributed by atoms with E-state index < -0.39 is 10.4 Å². The van der Waals surface area contributed by atoms with Crippen LogP contribution < -0.4 is 9.47 Å². The Morgan fingerprint density at radius 1 is 0.467 bits per heavy atom. The molecule has 1 aromatic heterocycles. The number of benzene rings is 2. The van der Waals surface area contributed by atoms with Gasteiger partial charge in [-0.2, -0.15) is 0 Å². The van der Waals surface area contributed by atoms with Gasteiger partial charge in [-0.05, 0) is 61.1 Å². The van der Waals surface area contributed by atoms with Crippen LogP contribution in [0, 0.1) is 0 Å². The predicted molar refractivity (Wildman–Crippen MR) is 259 cm³/mol. The second kappa shape index (κ2) is 35.3. The Morgan fingerprint density at radius 2 is 0.767 bits per heavy atom. The van der Waals surface area contributed by atoms with Crippen LogP contribution in [0.25, 0.3) is 24.3 Å². The number of nitrogens with zero attached hydrogens (tertiary/aromatic N) is 2. The molecule has 0 saturated carbocycles. The summed E-state index contributed by atoms with van der Waals surface area (Å²) in [5.74, 6) is 0. The normalized spacial score (nSPS) is 11.7. The summed E-state index contributed by atoms with van der Waals surface area (Å²) >= 11 is 0. The Balaban J connectivity index is 0.00000162. The SMILES string of the molecule is CCCCCCCCCCCCCCN(CCCCCCCCCCCCCC)c1ccc(/C=C/c2ccc(/C=C/c3cc[n+](CC)cc3)cc2)cc1.CCOS(=O)(=O)[O-]. The lowest BCUT2D eigenvalue weighted by atomic mass is 10.0. The Kier molecular flexibility index (Phi) is 31.2. The number of anilines is 1. The second-order valence-corrected chi connectivity index (χ2v) is 17.5. The predicted octanol–water partition coefficient (Wildman–Crippen LogP) is 15.0. The monoisotopic (exact) mass is 845 g/mol. The van der Waals surface area contributed by atoms with Crippen LogP contribution in [0.3, 0.4) is 0 Å². The first-order chi connectivity index (χ1) is 29.3. The molecule has 0 aliphatic rings. The summed E-state index contributed by atoms with van der Waals surface area (Å²) in [6.45, 7) is 11.5. The molecule has 0 spiro atoms. The van der Waals surface area contributed by atoms with E-state index in [0.29, 0.717) is 0 Å². The molecular formula is C53H84N2O4S. The first kappa shape index (κ1) is 52.9. The van der Waals surface area contributed by atoms with Crippen LogP contribution in [0.2, 0.25) is 0 Å². The summed E-state index contributed by atoms with van der Waals surface area (Å²) in [5.41, 5.74) is 6.34. The largest absolute Gasteiger partial charge is 0.726 e. The van der Waals surface area contributed by atoms with Gasteiger partial charge in [-0.1, -0.05) is 216 Å². The van der Waals surface area contributed by atoms with Gasteiger partial charge in [0.1, 0.15) is 6.54 Å². The molecule has 0 bridgehead atoms. The summed E-state index contributed by atoms with van der Waals surface area (Å²) in [6.07, 6.45) is 47.0. The van der Waals surface area contributed by atoms with Gasteiger partial charge in [0.2, 0.25) is 10.4 Å². The average Bonchev–Trinajstić information content (AvgIpc) is 3.25. The average molecular weight is 845 g/mol. The van der Waals surface area contributed by atoms with Crippen LogP contribution in [-0.4, -0.2) is 32.7 Å². The number of rotatable bonds is 34. The fourth-order valence-electron chi connectivity index (χ4n) is 7.49. The molecule has 3 rings (SSSR count). The third kappa shape index (κ3) is 28.3. The van der Waals surface area contributed by atoms with E-state index in [1.165, 1.54) is 202 Å². The Morgan fingerprint density at radius 3 is 1.05 bits per heavy atom. The van der Waals surface area contributed by atoms with E-state index in [1.54, 1.807) is 0 Å². The van der Waals surface area contributed by atoms with E-state index in [4.69, 9.17) is 0 Å². The Bertz CT molecular complexity index is 1570. The van der Waals surface area contributed by atoms with Crippen LogP contribution in [0.4, 0.5) is 5.69 Å². The minimum Gasteiger partial charge on any atom is -0.726 e. The number of hydrogen-bond donors (Lipinski definition) is 0. The van der Waals surface area contributed by atoms with Crippen LogP contribution >= 0.6 is 0 Å². The molecular weight excluding hydrogens is 761 g/mol. The lowest BCUT2D eigenvalue weighted by Gasteiger charge is -2.25. The minimum atomic E-state index is -4.42. The highest BCUT2D eigenvalue weighted by atomic mass is 32.3. The summed E-state index contributed by atoms with van der Waals surface area (Å²) < 4.78 is 34.2. The third-order valence-corrected chi connectivity index (χ3v) is 11.8. The van der Waals surface area contributed by atoms with Crippen molar-refractivity contribution in [2.24, 2.45) is 0 Å². The lowest BCUT2D eigenvalue weighted by Crippen LogP contribution is -2.30. The first-order valence-electron chi connectivity index (χ1n) is 24.2. The van der Waals surface area contributed by atoms with Crippen molar-refractivity contribution in [3.8, 4) is 0 Å². The number of hydrogen-bond acceptors (Lipinski definition) is 5. The van der Waals surface area contributed by atoms with Crippen molar-refractivity contribution in [3.05, 3.63) is 95.3 Å². The number of unbranched alkanes of at least 4 members (excludes halogenated alkanes) is 22. The van der Waals surface area contributed by atoms with E-state index in [2.05, 4.69) is 132 Å². The van der Waals surface area contributed by atoms with Gasteiger partial charge in [0.05, 0.1) is 6.61 Å². The van der Waals surface area contributed by atoms with Crippen molar-refractivity contribution in [2.75, 3.05) is 24.6 Å². The Labute approximate surface area is 368 Å². The zero-order chi connectivity index (χ0) is 43.4. The van der Waals surface area contributed by atoms with Gasteiger partial charge in [-0.3, -0.25) is 4.18 Å². The molecule has 1 heterocycles. The van der Waals surface area contributed by atoms with Gasteiger partial charge in [-0.25, -0.2) is 13.0 Å². The van der Waals surface area contributed by atoms with Crippen molar-refractivity contribution in [3.63, 3.8) is 0 Å². The molecule has 0 aliphatic heterocycles. The number of aryl methyl sites for hydroxylation is 1. The van der Waals surface area contributed by atoms with Crippen LogP contribution in [0.5, 0.6) is 0 Å². The van der Waals surface area contributed by atoms with E-state index in [1.807, 2.05) is 0 Å². The first-order valence-corrected chi connectivity index (χ1v) is 25.5. The molecule has 60 heavy (non-hydrogen) atoms. The lowest BCUT2D eigenvalue weighted by molar-refractivity contribution is -0.693. The number of pyridine rings is 1. The molecule has 0 aliphatic carbocycles. The zero-order valence-electron chi connectivity index (χ0n) is 38.5. The third-order valence-electron chi connectivity index (χ3n) is 11.2. The summed E-state index contributed by atoms with van der Waals surface area (Å²) in [5, 5.41) is 0. The quantitative estimate of drug-likeness (QED) is 0.0197. The topological polar surface area (TPSA) is 73.5 Å². The van der Waals surface area contributed by atoms with Gasteiger partial charge < -0.3 is 9.45 Å². The molecule has 3 aromatic rings. The van der Waals surface area contributed by atoms with Crippen molar-refractivity contribution in [1.29, 1.82) is 0 Å². The summed E-state index contributed by atoms with van der Waals surface area (Å²) in [7, 11) is -4.42. The van der Waals surface area contributed by atoms with Crippen molar-refractivity contribution in [2.45, 2.75) is 188 Å². The highest BCUT2D eigenvalue weighted by molar-refractivity contribution is 7.80. The molecule has 0 saturated heterocycles. The van der Waals surface area contributed by atoms with Crippen LogP contribution in [-0.2, 0) is 21.1 Å². The maximum atomic E-state index is 9.45. The molecule has 0 radical (unpaired) electrons. The van der Waals surface area contributed by atoms with Crippen molar-refractivity contribution in [1.82, 2.24) is 0 Å². The molecule has 2 aromatic carbocycles. The van der Waals surface area contributed by atoms with Gasteiger partial charge in [0, 0.05) is 30.9 Å². The van der Waals surface area contributed by atoms with Gasteiger partial charge in [0.15, 0.2) is 12.4 Å². The van der Waals surface area contributed by atoms with E-state index >= 15 is 0 Å². The van der Waals surface area contributed by atoms with Crippen molar-refractivity contribution >= 4 is 40.4 Å². The standard InChI is InChI=1S/C51H79N2.C2H6O4S/c1-4-7-9-11-13-15-17-19-21-23-25-27-43-53(44-28-26-24-22-20-18-16-14-12-10-8-5-2)51-39-37-49(38-40-51)34-33-47-29-31-48(32-30-47)35-36-50-41-45-52(6-3)46-42-50;1-2-6-7(3,4)5/h29-42,45-46H,4-28,43-44H2,1-3H3;2H2,1H3,(H,3,4,5)/q+1;/p-1. The smallest absolute Gasteiger partial charge is 0.217 e. The molecule has 336 valence electrons. The molecule has 7 heteroatoms. The molecule has 0 atom stereocenters. The minimum absolute atomic E-state index is 0.0914. The molecule has 0 amide bonds. The highest BCUT2D eigenvalue weighted by Crippen LogP contribution is 2.21. The van der Waals surface area contributed by atoms with E-state index in [9.17, 15) is 13.0 Å². The number of aromatic nitrogens is 1. The zero-order valence-corrected chi connectivity index (χ0v) is 39.3. The maximum absolute atomic E-state index is 9.45. The molecule has 0 fully saturated rings. The van der Waals surface area contributed by atoms with Gasteiger partial charge in [-0.15, -0.1) is 0 Å². The summed E-state index contributed by atoms with van der Waals surface area (Å²) in [4.78, 5) is 2.68.